The third kappa shape index (κ3) is 2.95. The first kappa shape index (κ1) is 14.1. The second-order valence-corrected chi connectivity index (χ2v) is 6.02. The molecule has 0 spiro atoms. The van der Waals surface area contributed by atoms with Gasteiger partial charge >= 0.3 is 5.69 Å². The minimum Gasteiger partial charge on any atom is -0.314 e. The second kappa shape index (κ2) is 5.90. The molecule has 1 saturated heterocycles. The van der Waals surface area contributed by atoms with E-state index >= 15 is 0 Å². The fraction of sp³-hybridized carbons (Fsp3) is 0.471. The van der Waals surface area contributed by atoms with E-state index < -0.39 is 0 Å². The van der Waals surface area contributed by atoms with E-state index in [-0.39, 0.29) is 5.69 Å². The van der Waals surface area contributed by atoms with Crippen LogP contribution in [0.5, 0.6) is 0 Å². The molecule has 0 radical (unpaired) electrons. The van der Waals surface area contributed by atoms with Crippen LogP contribution < -0.4 is 11.0 Å². The number of imidazole rings is 1. The molecule has 4 heteroatoms. The SMILES string of the molecule is Cc1cn(C)c(=O)n1-c1cccc(CC2CCCCN2)c1. The summed E-state index contributed by atoms with van der Waals surface area (Å²) in [6.45, 7) is 3.10. The van der Waals surface area contributed by atoms with Gasteiger partial charge in [0.15, 0.2) is 0 Å². The lowest BCUT2D eigenvalue weighted by molar-refractivity contribution is 0.399. The summed E-state index contributed by atoms with van der Waals surface area (Å²) < 4.78 is 3.41. The van der Waals surface area contributed by atoms with Gasteiger partial charge in [-0.3, -0.25) is 4.57 Å². The van der Waals surface area contributed by atoms with Crippen LogP contribution in [0.2, 0.25) is 0 Å². The lowest BCUT2D eigenvalue weighted by Crippen LogP contribution is -2.35. The van der Waals surface area contributed by atoms with Crippen LogP contribution in [0.3, 0.4) is 0 Å². The third-order valence-electron chi connectivity index (χ3n) is 4.29. The molecule has 1 unspecified atom stereocenters. The minimum absolute atomic E-state index is 0.0143. The van der Waals surface area contributed by atoms with E-state index in [4.69, 9.17) is 0 Å². The zero-order valence-corrected chi connectivity index (χ0v) is 12.8. The molecule has 1 aliphatic rings. The predicted octanol–water partition coefficient (Wildman–Crippen LogP) is 2.17. The first-order valence-corrected chi connectivity index (χ1v) is 7.73. The lowest BCUT2D eigenvalue weighted by Gasteiger charge is -2.23. The number of aromatic nitrogens is 2. The van der Waals surface area contributed by atoms with E-state index in [2.05, 4.69) is 17.4 Å². The highest BCUT2D eigenvalue weighted by Gasteiger charge is 2.14. The van der Waals surface area contributed by atoms with Gasteiger partial charge in [-0.1, -0.05) is 18.6 Å². The standard InChI is InChI=1S/C17H23N3O/c1-13-12-19(2)17(21)20(13)16-8-5-6-14(11-16)10-15-7-3-4-9-18-15/h5-6,8,11-12,15,18H,3-4,7,9-10H2,1-2H3. The van der Waals surface area contributed by atoms with E-state index in [0.717, 1.165) is 24.3 Å². The van der Waals surface area contributed by atoms with Gasteiger partial charge < -0.3 is 9.88 Å². The molecule has 0 saturated carbocycles. The molecular weight excluding hydrogens is 262 g/mol. The number of benzene rings is 1. The Balaban J connectivity index is 1.87. The van der Waals surface area contributed by atoms with Crippen LogP contribution in [0.25, 0.3) is 5.69 Å². The molecule has 21 heavy (non-hydrogen) atoms. The zero-order valence-electron chi connectivity index (χ0n) is 12.8. The topological polar surface area (TPSA) is 39.0 Å². The summed E-state index contributed by atoms with van der Waals surface area (Å²) in [7, 11) is 1.79. The van der Waals surface area contributed by atoms with Crippen LogP contribution in [-0.2, 0) is 13.5 Å². The molecule has 1 aliphatic heterocycles. The number of rotatable bonds is 3. The van der Waals surface area contributed by atoms with E-state index in [1.165, 1.54) is 24.8 Å². The van der Waals surface area contributed by atoms with Crippen LogP contribution >= 0.6 is 0 Å². The number of nitrogens with one attached hydrogen (secondary N) is 1. The normalized spacial score (nSPS) is 18.9. The molecule has 1 N–H and O–H groups in total. The van der Waals surface area contributed by atoms with Gasteiger partial charge in [-0.15, -0.1) is 0 Å². The Morgan fingerprint density at radius 3 is 2.86 bits per heavy atom. The van der Waals surface area contributed by atoms with Gasteiger partial charge in [0, 0.05) is 25.0 Å². The highest BCUT2D eigenvalue weighted by molar-refractivity contribution is 5.37. The Labute approximate surface area is 125 Å². The van der Waals surface area contributed by atoms with Crippen LogP contribution in [0.1, 0.15) is 30.5 Å². The van der Waals surface area contributed by atoms with E-state index in [1.807, 2.05) is 25.3 Å². The molecule has 1 aromatic heterocycles. The average molecular weight is 285 g/mol. The molecule has 2 heterocycles. The highest BCUT2D eigenvalue weighted by Crippen LogP contribution is 2.16. The maximum Gasteiger partial charge on any atom is 0.332 e. The number of hydrogen-bond acceptors (Lipinski definition) is 2. The average Bonchev–Trinajstić information content (AvgIpc) is 2.73. The summed E-state index contributed by atoms with van der Waals surface area (Å²) in [5.41, 5.74) is 3.24. The van der Waals surface area contributed by atoms with Crippen molar-refractivity contribution < 1.29 is 0 Å². The van der Waals surface area contributed by atoms with Crippen molar-refractivity contribution in [3.63, 3.8) is 0 Å². The molecule has 3 rings (SSSR count). The first-order valence-electron chi connectivity index (χ1n) is 7.73. The van der Waals surface area contributed by atoms with Crippen molar-refractivity contribution in [1.29, 1.82) is 0 Å². The zero-order chi connectivity index (χ0) is 14.8. The van der Waals surface area contributed by atoms with Gasteiger partial charge in [-0.25, -0.2) is 4.79 Å². The second-order valence-electron chi connectivity index (χ2n) is 6.02. The van der Waals surface area contributed by atoms with E-state index in [0.29, 0.717) is 6.04 Å². The van der Waals surface area contributed by atoms with Crippen molar-refractivity contribution in [2.45, 2.75) is 38.6 Å². The summed E-state index contributed by atoms with van der Waals surface area (Å²) in [4.78, 5) is 12.2. The molecule has 1 fully saturated rings. The third-order valence-corrected chi connectivity index (χ3v) is 4.29. The Kier molecular flexibility index (Phi) is 3.97. The largest absolute Gasteiger partial charge is 0.332 e. The molecule has 1 atom stereocenters. The fourth-order valence-corrected chi connectivity index (χ4v) is 3.22. The van der Waals surface area contributed by atoms with Gasteiger partial charge in [0.1, 0.15) is 0 Å². The minimum atomic E-state index is 0.0143. The van der Waals surface area contributed by atoms with Gasteiger partial charge in [0.25, 0.3) is 0 Å². The quantitative estimate of drug-likeness (QED) is 0.938. The van der Waals surface area contributed by atoms with Gasteiger partial charge in [-0.2, -0.15) is 0 Å². The smallest absolute Gasteiger partial charge is 0.314 e. The van der Waals surface area contributed by atoms with Crippen LogP contribution in [0.15, 0.2) is 35.3 Å². The van der Waals surface area contributed by atoms with Crippen molar-refractivity contribution >= 4 is 0 Å². The maximum absolute atomic E-state index is 12.2. The molecule has 2 aromatic rings. The molecule has 0 bridgehead atoms. The Hall–Kier alpha value is -1.81. The summed E-state index contributed by atoms with van der Waals surface area (Å²) in [5, 5.41) is 3.58. The summed E-state index contributed by atoms with van der Waals surface area (Å²) in [5.74, 6) is 0. The number of hydrogen-bond donors (Lipinski definition) is 1. The molecule has 1 aromatic carbocycles. The van der Waals surface area contributed by atoms with Crippen LogP contribution in [0, 0.1) is 6.92 Å². The molecular formula is C17H23N3O. The first-order chi connectivity index (χ1) is 10.1. The highest BCUT2D eigenvalue weighted by atomic mass is 16.1. The maximum atomic E-state index is 12.2. The predicted molar refractivity (Wildman–Crippen MR) is 85.1 cm³/mol. The summed E-state index contributed by atoms with van der Waals surface area (Å²) in [6.07, 6.45) is 6.75. The number of piperidine rings is 1. The fourth-order valence-electron chi connectivity index (χ4n) is 3.22. The van der Waals surface area contributed by atoms with E-state index in [1.54, 1.807) is 16.2 Å². The molecule has 4 nitrogen and oxygen atoms in total. The monoisotopic (exact) mass is 285 g/mol. The van der Waals surface area contributed by atoms with Gasteiger partial charge in [0.2, 0.25) is 0 Å². The van der Waals surface area contributed by atoms with Crippen molar-refractivity contribution in [2.75, 3.05) is 6.54 Å². The number of nitrogens with zero attached hydrogens (tertiary/aromatic N) is 2. The van der Waals surface area contributed by atoms with Crippen molar-refractivity contribution in [3.8, 4) is 5.69 Å². The van der Waals surface area contributed by atoms with Gasteiger partial charge in [-0.05, 0) is 50.4 Å². The van der Waals surface area contributed by atoms with Crippen LogP contribution in [0.4, 0.5) is 0 Å². The lowest BCUT2D eigenvalue weighted by atomic mass is 9.97. The Bertz CT molecular complexity index is 678. The summed E-state index contributed by atoms with van der Waals surface area (Å²) in [6, 6.07) is 8.93. The summed E-state index contributed by atoms with van der Waals surface area (Å²) >= 11 is 0. The van der Waals surface area contributed by atoms with Gasteiger partial charge in [0.05, 0.1) is 5.69 Å². The van der Waals surface area contributed by atoms with Crippen molar-refractivity contribution in [3.05, 3.63) is 52.2 Å². The Morgan fingerprint density at radius 1 is 1.33 bits per heavy atom. The van der Waals surface area contributed by atoms with E-state index in [9.17, 15) is 4.79 Å². The number of aryl methyl sites for hydroxylation is 2. The van der Waals surface area contributed by atoms with Crippen molar-refractivity contribution in [1.82, 2.24) is 14.5 Å². The molecule has 0 aliphatic carbocycles. The van der Waals surface area contributed by atoms with Crippen LogP contribution in [-0.4, -0.2) is 21.7 Å². The molecule has 112 valence electrons. The molecule has 0 amide bonds. The Morgan fingerprint density at radius 2 is 2.19 bits per heavy atom. The van der Waals surface area contributed by atoms with Crippen molar-refractivity contribution in [2.24, 2.45) is 7.05 Å².